The summed E-state index contributed by atoms with van der Waals surface area (Å²) in [6, 6.07) is 4.09. The first-order chi connectivity index (χ1) is 14.8. The molecule has 0 unspecified atom stereocenters. The monoisotopic (exact) mass is 446 g/mol. The van der Waals surface area contributed by atoms with E-state index in [1.807, 2.05) is 13.8 Å². The topological polar surface area (TPSA) is 69.4 Å². The molecule has 0 aliphatic rings. The van der Waals surface area contributed by atoms with Crippen molar-refractivity contribution in [3.8, 4) is 11.4 Å². The Balaban J connectivity index is 2.01. The van der Waals surface area contributed by atoms with Crippen LogP contribution in [0.3, 0.4) is 0 Å². The van der Waals surface area contributed by atoms with Crippen LogP contribution in [0.1, 0.15) is 36.0 Å². The Morgan fingerprint density at radius 1 is 1.19 bits per heavy atom. The zero-order valence-corrected chi connectivity index (χ0v) is 18.3. The first-order valence-corrected chi connectivity index (χ1v) is 9.92. The molecule has 0 aliphatic carbocycles. The summed E-state index contributed by atoms with van der Waals surface area (Å²) in [5.74, 6) is -1.54. The lowest BCUT2D eigenvalue weighted by Gasteiger charge is -2.17. The summed E-state index contributed by atoms with van der Waals surface area (Å²) in [5, 5.41) is -0.161. The highest BCUT2D eigenvalue weighted by atomic mass is 35.5. The van der Waals surface area contributed by atoms with E-state index < -0.39 is 17.2 Å². The first kappa shape index (κ1) is 22.6. The number of aromatic nitrogens is 3. The van der Waals surface area contributed by atoms with Crippen molar-refractivity contribution >= 4 is 17.3 Å². The van der Waals surface area contributed by atoms with E-state index in [1.165, 1.54) is 4.57 Å². The van der Waals surface area contributed by atoms with Gasteiger partial charge in [0.15, 0.2) is 5.82 Å². The highest BCUT2D eigenvalue weighted by molar-refractivity contribution is 6.31. The number of hydrogen-bond donors (Lipinski definition) is 0. The van der Waals surface area contributed by atoms with Crippen molar-refractivity contribution in [3.05, 3.63) is 80.2 Å². The maximum Gasteiger partial charge on any atom is 0.277 e. The third kappa shape index (κ3) is 4.64. The summed E-state index contributed by atoms with van der Waals surface area (Å²) in [6.45, 7) is 5.24. The first-order valence-electron chi connectivity index (χ1n) is 9.54. The van der Waals surface area contributed by atoms with Crippen LogP contribution >= 0.6 is 11.6 Å². The van der Waals surface area contributed by atoms with E-state index in [1.54, 1.807) is 32.3 Å². The molecule has 0 saturated carbocycles. The van der Waals surface area contributed by atoms with E-state index in [4.69, 9.17) is 16.3 Å². The van der Waals surface area contributed by atoms with Crippen LogP contribution in [0.25, 0.3) is 5.69 Å². The largest absolute Gasteiger partial charge is 0.485 e. The van der Waals surface area contributed by atoms with Crippen molar-refractivity contribution in [3.63, 3.8) is 0 Å². The standard InChI is InChI=1S/C22H21ClF2N4O2/c1-5-16(26-4)17-8-19(12(2)9-27-17)29-13(3)6-20(21(23)22(29)30)31-11-18-15(25)7-14(24)10-28-18/h6-10H,5,11H2,1-4H3. The smallest absolute Gasteiger partial charge is 0.277 e. The van der Waals surface area contributed by atoms with E-state index in [0.29, 0.717) is 29.6 Å². The second-order valence-electron chi connectivity index (χ2n) is 6.86. The molecule has 0 spiro atoms. The molecule has 0 saturated heterocycles. The molecule has 0 fully saturated rings. The molecule has 0 atom stereocenters. The molecule has 0 bridgehead atoms. The van der Waals surface area contributed by atoms with E-state index in [-0.39, 0.29) is 23.1 Å². The summed E-state index contributed by atoms with van der Waals surface area (Å²) in [4.78, 5) is 25.4. The van der Waals surface area contributed by atoms with Crippen molar-refractivity contribution in [2.45, 2.75) is 33.8 Å². The molecule has 0 N–H and O–H groups in total. The lowest BCUT2D eigenvalue weighted by Crippen LogP contribution is -2.23. The van der Waals surface area contributed by atoms with Crippen LogP contribution in [0.2, 0.25) is 5.02 Å². The number of hydrogen-bond acceptors (Lipinski definition) is 5. The van der Waals surface area contributed by atoms with Gasteiger partial charge in [0, 0.05) is 31.1 Å². The summed E-state index contributed by atoms with van der Waals surface area (Å²) in [5.41, 5.74) is 2.86. The van der Waals surface area contributed by atoms with E-state index in [2.05, 4.69) is 15.0 Å². The maximum absolute atomic E-state index is 13.8. The van der Waals surface area contributed by atoms with Crippen LogP contribution in [0, 0.1) is 25.5 Å². The number of aryl methyl sites for hydroxylation is 2. The normalized spacial score (nSPS) is 11.6. The van der Waals surface area contributed by atoms with Crippen LogP contribution in [0.15, 0.2) is 40.4 Å². The summed E-state index contributed by atoms with van der Waals surface area (Å²) in [7, 11) is 1.69. The minimum absolute atomic E-state index is 0.0854. The number of halogens is 3. The average Bonchev–Trinajstić information content (AvgIpc) is 2.73. The van der Waals surface area contributed by atoms with Gasteiger partial charge in [-0.05, 0) is 31.9 Å². The Kier molecular flexibility index (Phi) is 6.80. The Morgan fingerprint density at radius 2 is 1.94 bits per heavy atom. The lowest BCUT2D eigenvalue weighted by molar-refractivity contribution is 0.292. The Labute approximate surface area is 183 Å². The molecule has 0 amide bonds. The van der Waals surface area contributed by atoms with Gasteiger partial charge in [-0.15, -0.1) is 0 Å². The van der Waals surface area contributed by atoms with Gasteiger partial charge in [0.2, 0.25) is 0 Å². The van der Waals surface area contributed by atoms with Crippen LogP contribution in [0.4, 0.5) is 8.78 Å². The Hall–Kier alpha value is -3.13. The molecule has 31 heavy (non-hydrogen) atoms. The number of rotatable bonds is 6. The van der Waals surface area contributed by atoms with Crippen molar-refractivity contribution in [1.82, 2.24) is 14.5 Å². The third-order valence-electron chi connectivity index (χ3n) is 4.76. The van der Waals surface area contributed by atoms with Crippen LogP contribution in [0.5, 0.6) is 5.75 Å². The zero-order valence-electron chi connectivity index (χ0n) is 17.5. The van der Waals surface area contributed by atoms with Crippen LogP contribution in [-0.2, 0) is 6.61 Å². The molecule has 0 aromatic carbocycles. The quantitative estimate of drug-likeness (QED) is 0.519. The molecule has 3 rings (SSSR count). The molecule has 0 aliphatic heterocycles. The second kappa shape index (κ2) is 9.34. The molecular weight excluding hydrogens is 426 g/mol. The molecule has 3 heterocycles. The van der Waals surface area contributed by atoms with Gasteiger partial charge in [0.05, 0.1) is 23.3 Å². The van der Waals surface area contributed by atoms with Crippen molar-refractivity contribution < 1.29 is 13.5 Å². The summed E-state index contributed by atoms with van der Waals surface area (Å²) < 4.78 is 33.8. The number of aliphatic imine (C=N–C) groups is 1. The highest BCUT2D eigenvalue weighted by Crippen LogP contribution is 2.26. The molecule has 3 aromatic heterocycles. The van der Waals surface area contributed by atoms with Gasteiger partial charge in [-0.2, -0.15) is 0 Å². The van der Waals surface area contributed by atoms with Gasteiger partial charge in [0.25, 0.3) is 5.56 Å². The maximum atomic E-state index is 13.8. The fraction of sp³-hybridized carbons (Fsp3) is 0.273. The van der Waals surface area contributed by atoms with Gasteiger partial charge in [0.1, 0.15) is 28.9 Å². The van der Waals surface area contributed by atoms with Crippen molar-refractivity contribution in [2.75, 3.05) is 7.05 Å². The van der Waals surface area contributed by atoms with Crippen molar-refractivity contribution in [1.29, 1.82) is 0 Å². The number of pyridine rings is 3. The zero-order chi connectivity index (χ0) is 22.7. The van der Waals surface area contributed by atoms with Gasteiger partial charge < -0.3 is 4.74 Å². The molecule has 3 aromatic rings. The minimum atomic E-state index is -0.842. The van der Waals surface area contributed by atoms with Crippen molar-refractivity contribution in [2.24, 2.45) is 4.99 Å². The lowest BCUT2D eigenvalue weighted by atomic mass is 10.1. The average molecular weight is 447 g/mol. The van der Waals surface area contributed by atoms with Gasteiger partial charge in [-0.25, -0.2) is 8.78 Å². The Bertz CT molecular complexity index is 1220. The second-order valence-corrected chi connectivity index (χ2v) is 7.23. The molecular formula is C22H21ClF2N4O2. The van der Waals surface area contributed by atoms with E-state index >= 15 is 0 Å². The molecule has 0 radical (unpaired) electrons. The fourth-order valence-corrected chi connectivity index (χ4v) is 3.34. The van der Waals surface area contributed by atoms with Gasteiger partial charge in [-0.3, -0.25) is 24.3 Å². The third-order valence-corrected chi connectivity index (χ3v) is 5.11. The highest BCUT2D eigenvalue weighted by Gasteiger charge is 2.17. The Morgan fingerprint density at radius 3 is 2.58 bits per heavy atom. The van der Waals surface area contributed by atoms with E-state index in [9.17, 15) is 13.6 Å². The van der Waals surface area contributed by atoms with E-state index in [0.717, 1.165) is 17.5 Å². The van der Waals surface area contributed by atoms with Crippen LogP contribution in [-0.4, -0.2) is 27.3 Å². The summed E-state index contributed by atoms with van der Waals surface area (Å²) in [6.07, 6.45) is 3.26. The molecule has 162 valence electrons. The van der Waals surface area contributed by atoms with Gasteiger partial charge >= 0.3 is 0 Å². The molecule has 9 heteroatoms. The molecule has 6 nitrogen and oxygen atoms in total. The fourth-order valence-electron chi connectivity index (χ4n) is 3.15. The number of nitrogens with zero attached hydrogens (tertiary/aromatic N) is 4. The summed E-state index contributed by atoms with van der Waals surface area (Å²) >= 11 is 6.29. The number of ether oxygens (including phenoxy) is 1. The van der Waals surface area contributed by atoms with Gasteiger partial charge in [-0.1, -0.05) is 18.5 Å². The SMILES string of the molecule is CCC(=NC)c1cc(-n2c(C)cc(OCc3ncc(F)cc3F)c(Cl)c2=O)c(C)cn1. The predicted molar refractivity (Wildman–Crippen MR) is 116 cm³/mol. The predicted octanol–water partition coefficient (Wildman–Crippen LogP) is 4.58. The van der Waals surface area contributed by atoms with Crippen LogP contribution < -0.4 is 10.3 Å². The minimum Gasteiger partial charge on any atom is -0.485 e.